The Morgan fingerprint density at radius 1 is 1.08 bits per heavy atom. The second-order valence-electron chi connectivity index (χ2n) is 6.33. The number of carbonyl (C=O) groups excluding carboxylic acids is 1. The highest BCUT2D eigenvalue weighted by molar-refractivity contribution is 6.04. The lowest BCUT2D eigenvalue weighted by Gasteiger charge is -2.16. The molecule has 0 atom stereocenters. The van der Waals surface area contributed by atoms with Gasteiger partial charge in [-0.2, -0.15) is 5.10 Å². The third-order valence-corrected chi connectivity index (χ3v) is 4.55. The minimum Gasteiger partial charge on any atom is -0.497 e. The lowest BCUT2D eigenvalue weighted by atomic mass is 10.1. The largest absolute Gasteiger partial charge is 0.497 e. The maximum atomic E-state index is 12.8. The van der Waals surface area contributed by atoms with Crippen molar-refractivity contribution in [1.29, 1.82) is 0 Å². The first-order chi connectivity index (χ1) is 12.7. The fourth-order valence-corrected chi connectivity index (χ4v) is 3.15. The van der Waals surface area contributed by atoms with Crippen molar-refractivity contribution >= 4 is 27.6 Å². The van der Waals surface area contributed by atoms with Crippen molar-refractivity contribution in [1.82, 2.24) is 15.1 Å². The molecular formula is C21H19N3O2. The van der Waals surface area contributed by atoms with Gasteiger partial charge in [-0.25, -0.2) is 0 Å². The van der Waals surface area contributed by atoms with Crippen LogP contribution in [-0.4, -0.2) is 35.2 Å². The van der Waals surface area contributed by atoms with Crippen LogP contribution in [0.15, 0.2) is 60.7 Å². The van der Waals surface area contributed by atoms with Crippen molar-refractivity contribution in [3.05, 3.63) is 71.9 Å². The molecule has 1 amide bonds. The summed E-state index contributed by atoms with van der Waals surface area (Å²) >= 11 is 0. The number of carbonyl (C=O) groups is 1. The second kappa shape index (κ2) is 6.52. The number of nitrogens with zero attached hydrogens (tertiary/aromatic N) is 2. The van der Waals surface area contributed by atoms with Gasteiger partial charge < -0.3 is 9.64 Å². The zero-order chi connectivity index (χ0) is 18.1. The van der Waals surface area contributed by atoms with Gasteiger partial charge in [-0.05, 0) is 40.6 Å². The molecule has 4 rings (SSSR count). The highest BCUT2D eigenvalue weighted by atomic mass is 16.5. The van der Waals surface area contributed by atoms with Crippen molar-refractivity contribution in [2.24, 2.45) is 0 Å². The van der Waals surface area contributed by atoms with Crippen LogP contribution in [0.25, 0.3) is 21.7 Å². The summed E-state index contributed by atoms with van der Waals surface area (Å²) in [7, 11) is 3.46. The van der Waals surface area contributed by atoms with Crippen LogP contribution in [0.1, 0.15) is 16.1 Å². The van der Waals surface area contributed by atoms with E-state index in [0.717, 1.165) is 33.0 Å². The fourth-order valence-electron chi connectivity index (χ4n) is 3.15. The van der Waals surface area contributed by atoms with Crippen LogP contribution in [0.2, 0.25) is 0 Å². The molecular weight excluding hydrogens is 326 g/mol. The number of para-hydroxylation sites is 1. The van der Waals surface area contributed by atoms with Gasteiger partial charge in [-0.15, -0.1) is 0 Å². The Morgan fingerprint density at radius 2 is 1.85 bits per heavy atom. The molecule has 0 saturated heterocycles. The van der Waals surface area contributed by atoms with Gasteiger partial charge in [0.05, 0.1) is 12.6 Å². The molecule has 0 fully saturated rings. The third-order valence-electron chi connectivity index (χ3n) is 4.55. The van der Waals surface area contributed by atoms with Crippen molar-refractivity contribution in [2.45, 2.75) is 6.54 Å². The van der Waals surface area contributed by atoms with E-state index in [1.807, 2.05) is 48.5 Å². The number of amides is 1. The molecule has 5 nitrogen and oxygen atoms in total. The van der Waals surface area contributed by atoms with Crippen molar-refractivity contribution < 1.29 is 9.53 Å². The summed E-state index contributed by atoms with van der Waals surface area (Å²) in [6, 6.07) is 19.8. The smallest absolute Gasteiger partial charge is 0.275 e. The van der Waals surface area contributed by atoms with E-state index < -0.39 is 0 Å². The third kappa shape index (κ3) is 2.88. The number of hydrogen-bond donors (Lipinski definition) is 1. The maximum absolute atomic E-state index is 12.8. The minimum atomic E-state index is -0.0997. The van der Waals surface area contributed by atoms with Crippen LogP contribution in [0.3, 0.4) is 0 Å². The maximum Gasteiger partial charge on any atom is 0.275 e. The fraction of sp³-hybridized carbons (Fsp3) is 0.143. The van der Waals surface area contributed by atoms with Crippen LogP contribution in [0.5, 0.6) is 5.75 Å². The Kier molecular flexibility index (Phi) is 4.05. The molecule has 26 heavy (non-hydrogen) atoms. The van der Waals surface area contributed by atoms with Crippen molar-refractivity contribution in [2.75, 3.05) is 14.2 Å². The van der Waals surface area contributed by atoms with Crippen LogP contribution >= 0.6 is 0 Å². The predicted molar refractivity (Wildman–Crippen MR) is 102 cm³/mol. The minimum absolute atomic E-state index is 0.0997. The normalized spacial score (nSPS) is 11.0. The summed E-state index contributed by atoms with van der Waals surface area (Å²) in [5.41, 5.74) is 2.39. The molecule has 0 aliphatic carbocycles. The van der Waals surface area contributed by atoms with Gasteiger partial charge in [0.25, 0.3) is 5.91 Å². The topological polar surface area (TPSA) is 58.2 Å². The van der Waals surface area contributed by atoms with Gasteiger partial charge in [-0.3, -0.25) is 9.89 Å². The van der Waals surface area contributed by atoms with E-state index in [-0.39, 0.29) is 5.91 Å². The SMILES string of the molecule is COc1ccc2cc(CN(C)C(=O)c3n[nH]c4ccccc34)ccc2c1. The Morgan fingerprint density at radius 3 is 2.69 bits per heavy atom. The highest BCUT2D eigenvalue weighted by Crippen LogP contribution is 2.23. The molecule has 0 bridgehead atoms. The molecule has 0 spiro atoms. The molecule has 1 heterocycles. The van der Waals surface area contributed by atoms with Crippen molar-refractivity contribution in [3.8, 4) is 5.75 Å². The lowest BCUT2D eigenvalue weighted by molar-refractivity contribution is 0.0781. The number of benzene rings is 3. The predicted octanol–water partition coefficient (Wildman–Crippen LogP) is 4.00. The van der Waals surface area contributed by atoms with Gasteiger partial charge in [-0.1, -0.05) is 36.4 Å². The average molecular weight is 345 g/mol. The number of H-pyrrole nitrogens is 1. The Balaban J connectivity index is 1.58. The molecule has 130 valence electrons. The number of fused-ring (bicyclic) bond motifs is 2. The Labute approximate surface area is 151 Å². The van der Waals surface area contributed by atoms with Gasteiger partial charge in [0, 0.05) is 19.0 Å². The van der Waals surface area contributed by atoms with Crippen LogP contribution in [0.4, 0.5) is 0 Å². The molecule has 1 aromatic heterocycles. The first-order valence-electron chi connectivity index (χ1n) is 8.41. The molecule has 0 saturated carbocycles. The summed E-state index contributed by atoms with van der Waals surface area (Å²) in [4.78, 5) is 14.5. The van der Waals surface area contributed by atoms with Crippen molar-refractivity contribution in [3.63, 3.8) is 0 Å². The highest BCUT2D eigenvalue weighted by Gasteiger charge is 2.18. The standard InChI is InChI=1S/C21H19N3O2/c1-24(21(25)20-18-5-3-4-6-19(18)22-23-20)13-14-7-8-16-12-17(26-2)10-9-15(16)11-14/h3-12H,13H2,1-2H3,(H,22,23). The Bertz CT molecular complexity index is 1100. The quantitative estimate of drug-likeness (QED) is 0.608. The molecule has 5 heteroatoms. The number of aromatic nitrogens is 2. The molecule has 0 unspecified atom stereocenters. The zero-order valence-electron chi connectivity index (χ0n) is 14.7. The lowest BCUT2D eigenvalue weighted by Crippen LogP contribution is -2.26. The number of ether oxygens (including phenoxy) is 1. The van der Waals surface area contributed by atoms with Gasteiger partial charge in [0.1, 0.15) is 5.75 Å². The molecule has 4 aromatic rings. The summed E-state index contributed by atoms with van der Waals surface area (Å²) in [6.07, 6.45) is 0. The number of methoxy groups -OCH3 is 1. The average Bonchev–Trinajstić information content (AvgIpc) is 3.11. The summed E-state index contributed by atoms with van der Waals surface area (Å²) in [5.74, 6) is 0.736. The number of nitrogens with one attached hydrogen (secondary N) is 1. The van der Waals surface area contributed by atoms with Crippen LogP contribution in [0, 0.1) is 0 Å². The number of aromatic amines is 1. The molecule has 3 aromatic carbocycles. The van der Waals surface area contributed by atoms with E-state index in [1.54, 1.807) is 19.1 Å². The van der Waals surface area contributed by atoms with E-state index in [0.29, 0.717) is 12.2 Å². The van der Waals surface area contributed by atoms with E-state index in [4.69, 9.17) is 4.74 Å². The van der Waals surface area contributed by atoms with Gasteiger partial charge in [0.2, 0.25) is 0 Å². The zero-order valence-corrected chi connectivity index (χ0v) is 14.7. The number of hydrogen-bond acceptors (Lipinski definition) is 3. The van der Waals surface area contributed by atoms with E-state index in [9.17, 15) is 4.79 Å². The van der Waals surface area contributed by atoms with E-state index in [2.05, 4.69) is 22.3 Å². The Hall–Kier alpha value is -3.34. The molecule has 0 aliphatic rings. The summed E-state index contributed by atoms with van der Waals surface area (Å²) < 4.78 is 5.26. The first kappa shape index (κ1) is 16.1. The van der Waals surface area contributed by atoms with E-state index >= 15 is 0 Å². The number of rotatable bonds is 4. The van der Waals surface area contributed by atoms with Gasteiger partial charge in [0.15, 0.2) is 5.69 Å². The van der Waals surface area contributed by atoms with Crippen LogP contribution in [-0.2, 0) is 6.54 Å². The van der Waals surface area contributed by atoms with Gasteiger partial charge >= 0.3 is 0 Å². The summed E-state index contributed by atoms with van der Waals surface area (Å²) in [6.45, 7) is 0.516. The second-order valence-corrected chi connectivity index (χ2v) is 6.33. The molecule has 0 radical (unpaired) electrons. The molecule has 0 aliphatic heterocycles. The van der Waals surface area contributed by atoms with Crippen LogP contribution < -0.4 is 4.74 Å². The molecule has 1 N–H and O–H groups in total. The summed E-state index contributed by atoms with van der Waals surface area (Å²) in [5, 5.41) is 10.2. The van der Waals surface area contributed by atoms with E-state index in [1.165, 1.54) is 0 Å². The first-order valence-corrected chi connectivity index (χ1v) is 8.41. The monoisotopic (exact) mass is 345 g/mol.